The van der Waals surface area contributed by atoms with Gasteiger partial charge in [-0.2, -0.15) is 8.42 Å². The van der Waals surface area contributed by atoms with Gasteiger partial charge in [0.1, 0.15) is 6.61 Å². The van der Waals surface area contributed by atoms with Gasteiger partial charge in [-0.15, -0.1) is 0 Å². The molecule has 8 nitrogen and oxygen atoms in total. The summed E-state index contributed by atoms with van der Waals surface area (Å²) in [6, 6.07) is 2.23. The van der Waals surface area contributed by atoms with Crippen LogP contribution < -0.4 is 34.7 Å². The van der Waals surface area contributed by atoms with Gasteiger partial charge in [-0.05, 0) is 23.8 Å². The Labute approximate surface area is 136 Å². The molecule has 0 unspecified atom stereocenters. The van der Waals surface area contributed by atoms with Gasteiger partial charge in [0.25, 0.3) is 10.1 Å². The molecule has 0 fully saturated rings. The SMILES string of the molecule is O=C([O-])c1cc(C(=O)OCCO)cc(S(=O)(=O)O)c1.[Na+]. The molecule has 0 atom stereocenters. The number of esters is 1. The van der Waals surface area contributed by atoms with Crippen LogP contribution in [0.3, 0.4) is 0 Å². The molecule has 0 saturated heterocycles. The normalized spacial score (nSPS) is 10.5. The summed E-state index contributed by atoms with van der Waals surface area (Å²) in [5.74, 6) is -2.76. The molecule has 0 saturated carbocycles. The van der Waals surface area contributed by atoms with Gasteiger partial charge in [0.05, 0.1) is 23.0 Å². The second-order valence-corrected chi connectivity index (χ2v) is 4.79. The number of carboxylic acid groups (broad SMARTS) is 1. The average Bonchev–Trinajstić information content (AvgIpc) is 2.34. The van der Waals surface area contributed by atoms with Crippen LogP contribution in [-0.2, 0) is 14.9 Å². The molecule has 104 valence electrons. The second-order valence-electron chi connectivity index (χ2n) is 3.37. The van der Waals surface area contributed by atoms with Crippen LogP contribution in [0.2, 0.25) is 0 Å². The Kier molecular flexibility index (Phi) is 7.34. The van der Waals surface area contributed by atoms with Crippen LogP contribution in [-0.4, -0.2) is 43.2 Å². The van der Waals surface area contributed by atoms with E-state index in [4.69, 9.17) is 9.66 Å². The third-order valence-corrected chi connectivity index (χ3v) is 2.83. The molecule has 0 spiro atoms. The Hall–Kier alpha value is -0.970. The quantitative estimate of drug-likeness (QED) is 0.314. The summed E-state index contributed by atoms with van der Waals surface area (Å²) in [6.45, 7) is -0.785. The first-order chi connectivity index (χ1) is 8.75. The molecule has 2 N–H and O–H groups in total. The fourth-order valence-electron chi connectivity index (χ4n) is 1.21. The van der Waals surface area contributed by atoms with E-state index in [0.717, 1.165) is 12.1 Å². The van der Waals surface area contributed by atoms with Crippen LogP contribution in [0.4, 0.5) is 0 Å². The molecule has 0 aliphatic heterocycles. The predicted octanol–water partition coefficient (Wildman–Crippen LogP) is -4.55. The van der Waals surface area contributed by atoms with E-state index in [-0.39, 0.29) is 36.2 Å². The zero-order chi connectivity index (χ0) is 14.6. The number of carbonyl (C=O) groups excluding carboxylic acids is 2. The predicted molar refractivity (Wildman–Crippen MR) is 58.0 cm³/mol. The van der Waals surface area contributed by atoms with Gasteiger partial charge >= 0.3 is 35.5 Å². The van der Waals surface area contributed by atoms with E-state index < -0.39 is 44.7 Å². The Morgan fingerprint density at radius 3 is 2.20 bits per heavy atom. The number of ether oxygens (including phenoxy) is 1. The summed E-state index contributed by atoms with van der Waals surface area (Å²) < 4.78 is 35.2. The van der Waals surface area contributed by atoms with Crippen LogP contribution in [0.25, 0.3) is 0 Å². The maximum absolute atomic E-state index is 11.4. The molecule has 0 aliphatic rings. The summed E-state index contributed by atoms with van der Waals surface area (Å²) in [5, 5.41) is 19.2. The molecule has 10 heteroatoms. The topological polar surface area (TPSA) is 141 Å². The molecule has 1 aromatic carbocycles. The summed E-state index contributed by atoms with van der Waals surface area (Å²) in [6.07, 6.45) is 0. The molecule has 0 heterocycles. The van der Waals surface area contributed by atoms with Crippen molar-refractivity contribution in [3.63, 3.8) is 0 Å². The Morgan fingerprint density at radius 2 is 1.75 bits per heavy atom. The van der Waals surface area contributed by atoms with Gasteiger partial charge in [-0.1, -0.05) is 0 Å². The first kappa shape index (κ1) is 19.0. The Morgan fingerprint density at radius 1 is 1.20 bits per heavy atom. The standard InChI is InChI=1S/C10H10O8S.Na/c11-1-2-18-10(14)7-3-6(9(12)13)4-8(5-7)19(15,16)17;/h3-5,11H,1-2H2,(H,12,13)(H,15,16,17);/q;+1/p-1. The smallest absolute Gasteiger partial charge is 0.545 e. The minimum absolute atomic E-state index is 0. The van der Waals surface area contributed by atoms with Crippen LogP contribution in [0.15, 0.2) is 23.1 Å². The molecule has 1 rings (SSSR count). The van der Waals surface area contributed by atoms with E-state index in [1.165, 1.54) is 0 Å². The summed E-state index contributed by atoms with van der Waals surface area (Å²) in [4.78, 5) is 21.4. The third kappa shape index (κ3) is 5.19. The zero-order valence-electron chi connectivity index (χ0n) is 10.4. The number of aliphatic hydroxyl groups is 1. The average molecular weight is 312 g/mol. The molecule has 0 radical (unpaired) electrons. The monoisotopic (exact) mass is 312 g/mol. The first-order valence-electron chi connectivity index (χ1n) is 4.87. The van der Waals surface area contributed by atoms with E-state index in [2.05, 4.69) is 4.74 Å². The molecule has 20 heavy (non-hydrogen) atoms. The van der Waals surface area contributed by atoms with Crippen LogP contribution >= 0.6 is 0 Å². The third-order valence-electron chi connectivity index (χ3n) is 2.00. The van der Waals surface area contributed by atoms with E-state index in [9.17, 15) is 23.1 Å². The first-order valence-corrected chi connectivity index (χ1v) is 6.31. The summed E-state index contributed by atoms with van der Waals surface area (Å²) >= 11 is 0. The maximum Gasteiger partial charge on any atom is 1.00 e. The number of aromatic carboxylic acids is 1. The number of carboxylic acids is 1. The molecule has 0 aromatic heterocycles. The van der Waals surface area contributed by atoms with Crippen molar-refractivity contribution in [1.82, 2.24) is 0 Å². The maximum atomic E-state index is 11.4. The Balaban J connectivity index is 0.00000361. The molecule has 0 amide bonds. The number of aliphatic hydroxyl groups excluding tert-OH is 1. The van der Waals surface area contributed by atoms with Crippen molar-refractivity contribution in [2.24, 2.45) is 0 Å². The number of benzene rings is 1. The number of hydrogen-bond donors (Lipinski definition) is 2. The zero-order valence-corrected chi connectivity index (χ0v) is 13.2. The van der Waals surface area contributed by atoms with Crippen molar-refractivity contribution in [3.05, 3.63) is 29.3 Å². The van der Waals surface area contributed by atoms with Gasteiger partial charge in [0, 0.05) is 0 Å². The van der Waals surface area contributed by atoms with Crippen molar-refractivity contribution in [1.29, 1.82) is 0 Å². The summed E-state index contributed by atoms with van der Waals surface area (Å²) in [5.41, 5.74) is -1.01. The number of rotatable bonds is 5. The van der Waals surface area contributed by atoms with E-state index in [1.807, 2.05) is 0 Å². The van der Waals surface area contributed by atoms with Gasteiger partial charge in [0.2, 0.25) is 0 Å². The number of carbonyl (C=O) groups is 2. The largest absolute Gasteiger partial charge is 1.00 e. The van der Waals surface area contributed by atoms with Crippen molar-refractivity contribution < 1.29 is 67.1 Å². The van der Waals surface area contributed by atoms with Gasteiger partial charge in [-0.3, -0.25) is 4.55 Å². The van der Waals surface area contributed by atoms with E-state index in [1.54, 1.807) is 0 Å². The van der Waals surface area contributed by atoms with Gasteiger partial charge in [-0.25, -0.2) is 4.79 Å². The van der Waals surface area contributed by atoms with Crippen molar-refractivity contribution in [2.75, 3.05) is 13.2 Å². The van der Waals surface area contributed by atoms with Crippen molar-refractivity contribution in [3.8, 4) is 0 Å². The van der Waals surface area contributed by atoms with Crippen molar-refractivity contribution >= 4 is 22.1 Å². The van der Waals surface area contributed by atoms with Crippen LogP contribution in [0.1, 0.15) is 20.7 Å². The second kappa shape index (κ2) is 7.72. The fourth-order valence-corrected chi connectivity index (χ4v) is 1.76. The molecule has 0 bridgehead atoms. The summed E-state index contributed by atoms with van der Waals surface area (Å²) in [7, 11) is -4.68. The van der Waals surface area contributed by atoms with Gasteiger partial charge in [0.15, 0.2) is 0 Å². The van der Waals surface area contributed by atoms with Crippen molar-refractivity contribution in [2.45, 2.75) is 4.90 Å². The molecule has 1 aromatic rings. The molecular formula is C10H9NaO8S. The van der Waals surface area contributed by atoms with E-state index >= 15 is 0 Å². The molecular weight excluding hydrogens is 303 g/mol. The minimum atomic E-state index is -4.68. The molecule has 0 aliphatic carbocycles. The van der Waals surface area contributed by atoms with E-state index in [0.29, 0.717) is 6.07 Å². The van der Waals surface area contributed by atoms with Crippen LogP contribution in [0.5, 0.6) is 0 Å². The number of hydrogen-bond acceptors (Lipinski definition) is 7. The van der Waals surface area contributed by atoms with Gasteiger partial charge < -0.3 is 19.7 Å². The minimum Gasteiger partial charge on any atom is -0.545 e. The van der Waals surface area contributed by atoms with Crippen LogP contribution in [0, 0.1) is 0 Å². The fraction of sp³-hybridized carbons (Fsp3) is 0.200. The Bertz CT molecular complexity index is 610.